The SMILES string of the molecule is CCSC1CCC(NS(=O)(=O)c2ccc(CO)s2)C1. The third kappa shape index (κ3) is 3.95. The van der Waals surface area contributed by atoms with Crippen molar-refractivity contribution in [3.8, 4) is 0 Å². The van der Waals surface area contributed by atoms with Crippen molar-refractivity contribution in [2.45, 2.75) is 48.3 Å². The van der Waals surface area contributed by atoms with Crippen molar-refractivity contribution < 1.29 is 13.5 Å². The zero-order chi connectivity index (χ0) is 13.9. The quantitative estimate of drug-likeness (QED) is 0.843. The molecule has 0 radical (unpaired) electrons. The van der Waals surface area contributed by atoms with E-state index in [1.54, 1.807) is 12.1 Å². The Morgan fingerprint density at radius 3 is 2.89 bits per heavy atom. The van der Waals surface area contributed by atoms with E-state index in [4.69, 9.17) is 5.11 Å². The van der Waals surface area contributed by atoms with Gasteiger partial charge >= 0.3 is 0 Å². The van der Waals surface area contributed by atoms with Crippen molar-refractivity contribution in [3.63, 3.8) is 0 Å². The number of thioether (sulfide) groups is 1. The number of sulfonamides is 1. The predicted octanol–water partition coefficient (Wildman–Crippen LogP) is 2.19. The minimum Gasteiger partial charge on any atom is -0.391 e. The van der Waals surface area contributed by atoms with Gasteiger partial charge in [-0.25, -0.2) is 13.1 Å². The Kier molecular flexibility index (Phi) is 5.30. The van der Waals surface area contributed by atoms with Crippen molar-refractivity contribution in [2.75, 3.05) is 5.75 Å². The molecule has 4 nitrogen and oxygen atoms in total. The Morgan fingerprint density at radius 1 is 1.47 bits per heavy atom. The topological polar surface area (TPSA) is 66.4 Å². The van der Waals surface area contributed by atoms with Gasteiger partial charge in [-0.3, -0.25) is 0 Å². The summed E-state index contributed by atoms with van der Waals surface area (Å²) >= 11 is 3.04. The van der Waals surface area contributed by atoms with E-state index in [9.17, 15) is 8.42 Å². The monoisotopic (exact) mass is 321 g/mol. The summed E-state index contributed by atoms with van der Waals surface area (Å²) in [6.07, 6.45) is 2.91. The van der Waals surface area contributed by atoms with Crippen molar-refractivity contribution in [2.24, 2.45) is 0 Å². The van der Waals surface area contributed by atoms with E-state index >= 15 is 0 Å². The summed E-state index contributed by atoms with van der Waals surface area (Å²) in [5, 5.41) is 9.56. The second-order valence-corrected chi connectivity index (χ2v) is 9.27. The first-order chi connectivity index (χ1) is 9.05. The smallest absolute Gasteiger partial charge is 0.250 e. The molecule has 0 saturated heterocycles. The Morgan fingerprint density at radius 2 is 2.26 bits per heavy atom. The largest absolute Gasteiger partial charge is 0.391 e. The highest BCUT2D eigenvalue weighted by atomic mass is 32.2. The molecule has 19 heavy (non-hydrogen) atoms. The van der Waals surface area contributed by atoms with Gasteiger partial charge in [-0.15, -0.1) is 11.3 Å². The van der Waals surface area contributed by atoms with Crippen molar-refractivity contribution >= 4 is 33.1 Å². The fourth-order valence-electron chi connectivity index (χ4n) is 2.30. The highest BCUT2D eigenvalue weighted by Crippen LogP contribution is 2.31. The lowest BCUT2D eigenvalue weighted by Crippen LogP contribution is -2.32. The van der Waals surface area contributed by atoms with E-state index in [2.05, 4.69) is 11.6 Å². The molecule has 0 aromatic carbocycles. The first-order valence-electron chi connectivity index (χ1n) is 6.38. The van der Waals surface area contributed by atoms with Gasteiger partial charge in [0.15, 0.2) is 0 Å². The maximum absolute atomic E-state index is 12.2. The molecular formula is C12H19NO3S3. The highest BCUT2D eigenvalue weighted by Gasteiger charge is 2.29. The van der Waals surface area contributed by atoms with Gasteiger partial charge in [0.2, 0.25) is 10.0 Å². The molecule has 0 amide bonds. The average Bonchev–Trinajstić information content (AvgIpc) is 2.98. The molecule has 1 aliphatic rings. The fraction of sp³-hybridized carbons (Fsp3) is 0.667. The van der Waals surface area contributed by atoms with Crippen LogP contribution in [-0.4, -0.2) is 30.6 Å². The standard InChI is InChI=1S/C12H19NO3S3/c1-2-17-10-4-3-9(7-10)13-19(15,16)12-6-5-11(8-14)18-12/h5-6,9-10,13-14H,2-4,7-8H2,1H3. The van der Waals surface area contributed by atoms with Crippen molar-refractivity contribution in [1.82, 2.24) is 4.72 Å². The van der Waals surface area contributed by atoms with Crippen LogP contribution < -0.4 is 4.72 Å². The summed E-state index contributed by atoms with van der Waals surface area (Å²) < 4.78 is 27.5. The first kappa shape index (κ1) is 15.3. The zero-order valence-electron chi connectivity index (χ0n) is 10.8. The van der Waals surface area contributed by atoms with Crippen molar-refractivity contribution in [3.05, 3.63) is 17.0 Å². The number of thiophene rings is 1. The van der Waals surface area contributed by atoms with Gasteiger partial charge in [-0.2, -0.15) is 11.8 Å². The van der Waals surface area contributed by atoms with Gasteiger partial charge in [0.05, 0.1) is 6.61 Å². The summed E-state index contributed by atoms with van der Waals surface area (Å²) in [6, 6.07) is 3.27. The maximum Gasteiger partial charge on any atom is 0.250 e. The van der Waals surface area contributed by atoms with Crippen LogP contribution in [0.4, 0.5) is 0 Å². The van der Waals surface area contributed by atoms with Crippen molar-refractivity contribution in [1.29, 1.82) is 0 Å². The molecule has 1 heterocycles. The van der Waals surface area contributed by atoms with Gasteiger partial charge in [0.1, 0.15) is 4.21 Å². The van der Waals surface area contributed by atoms with E-state index in [1.165, 1.54) is 0 Å². The second-order valence-electron chi connectivity index (χ2n) is 4.59. The minimum atomic E-state index is -3.42. The lowest BCUT2D eigenvalue weighted by molar-refractivity contribution is 0.285. The molecule has 0 aliphatic heterocycles. The highest BCUT2D eigenvalue weighted by molar-refractivity contribution is 7.99. The molecule has 1 aliphatic carbocycles. The number of aliphatic hydroxyl groups excluding tert-OH is 1. The van der Waals surface area contributed by atoms with Crippen LogP contribution >= 0.6 is 23.1 Å². The number of nitrogens with one attached hydrogen (secondary N) is 1. The summed E-state index contributed by atoms with van der Waals surface area (Å²) in [5.74, 6) is 1.08. The third-order valence-electron chi connectivity index (χ3n) is 3.17. The molecule has 1 saturated carbocycles. The van der Waals surface area contributed by atoms with Gasteiger partial charge in [-0.05, 0) is 37.1 Å². The molecule has 1 aromatic heterocycles. The van der Waals surface area contributed by atoms with Crippen LogP contribution in [-0.2, 0) is 16.6 Å². The van der Waals surface area contributed by atoms with E-state index in [0.717, 1.165) is 36.4 Å². The van der Waals surface area contributed by atoms with Gasteiger partial charge in [-0.1, -0.05) is 6.92 Å². The number of rotatable bonds is 6. The third-order valence-corrected chi connectivity index (χ3v) is 7.48. The normalized spacial score (nSPS) is 23.9. The number of aliphatic hydroxyl groups is 1. The molecule has 2 unspecified atom stereocenters. The van der Waals surface area contributed by atoms with Crippen LogP contribution in [0.2, 0.25) is 0 Å². The fourth-order valence-corrected chi connectivity index (χ4v) is 5.96. The van der Waals surface area contributed by atoms with Crippen LogP contribution in [0.3, 0.4) is 0 Å². The maximum atomic E-state index is 12.2. The lowest BCUT2D eigenvalue weighted by atomic mass is 10.3. The van der Waals surface area contributed by atoms with Crippen LogP contribution in [0.5, 0.6) is 0 Å². The summed E-state index contributed by atoms with van der Waals surface area (Å²) in [7, 11) is -3.42. The van der Waals surface area contributed by atoms with E-state index in [1.807, 2.05) is 11.8 Å². The van der Waals surface area contributed by atoms with E-state index in [0.29, 0.717) is 14.3 Å². The Labute approximate surface area is 122 Å². The molecule has 2 N–H and O–H groups in total. The predicted molar refractivity (Wildman–Crippen MR) is 80.1 cm³/mol. The molecule has 108 valence electrons. The Bertz CT molecular complexity index is 512. The zero-order valence-corrected chi connectivity index (χ0v) is 13.3. The van der Waals surface area contributed by atoms with Crippen LogP contribution in [0.15, 0.2) is 16.3 Å². The second kappa shape index (κ2) is 6.58. The molecule has 2 rings (SSSR count). The molecule has 7 heteroatoms. The number of hydrogen-bond acceptors (Lipinski definition) is 5. The average molecular weight is 321 g/mol. The van der Waals surface area contributed by atoms with Gasteiger partial charge in [0.25, 0.3) is 0 Å². The molecule has 1 aromatic rings. The van der Waals surface area contributed by atoms with Crippen LogP contribution in [0.1, 0.15) is 31.1 Å². The molecule has 0 spiro atoms. The Hall–Kier alpha value is -0.0800. The van der Waals surface area contributed by atoms with Crippen LogP contribution in [0.25, 0.3) is 0 Å². The minimum absolute atomic E-state index is 0.0497. The summed E-state index contributed by atoms with van der Waals surface area (Å²) in [4.78, 5) is 0.672. The summed E-state index contributed by atoms with van der Waals surface area (Å²) in [6.45, 7) is 2.02. The van der Waals surface area contributed by atoms with E-state index in [-0.39, 0.29) is 12.6 Å². The Balaban J connectivity index is 1.98. The number of hydrogen-bond donors (Lipinski definition) is 2. The molecular weight excluding hydrogens is 302 g/mol. The molecule has 0 bridgehead atoms. The van der Waals surface area contributed by atoms with Gasteiger partial charge in [0, 0.05) is 16.2 Å². The summed E-state index contributed by atoms with van der Waals surface area (Å²) in [5.41, 5.74) is 0. The first-order valence-corrected chi connectivity index (χ1v) is 9.73. The lowest BCUT2D eigenvalue weighted by Gasteiger charge is -2.12. The molecule has 1 fully saturated rings. The van der Waals surface area contributed by atoms with Gasteiger partial charge < -0.3 is 5.11 Å². The van der Waals surface area contributed by atoms with E-state index < -0.39 is 10.0 Å². The van der Waals surface area contributed by atoms with Crippen LogP contribution in [0, 0.1) is 0 Å². The molecule has 2 atom stereocenters.